The Labute approximate surface area is 118 Å². The molecule has 2 N–H and O–H groups in total. The maximum absolute atomic E-state index is 6.27. The van der Waals surface area contributed by atoms with Crippen molar-refractivity contribution in [2.24, 2.45) is 5.73 Å². The molecule has 1 aromatic carbocycles. The zero-order valence-electron chi connectivity index (χ0n) is 9.81. The summed E-state index contributed by atoms with van der Waals surface area (Å²) in [5, 5.41) is 3.16. The molecule has 2 nitrogen and oxygen atoms in total. The lowest BCUT2D eigenvalue weighted by atomic mass is 10.1. The molecule has 0 bridgehead atoms. The van der Waals surface area contributed by atoms with Gasteiger partial charge in [0, 0.05) is 20.3 Å². The first-order valence-electron chi connectivity index (χ1n) is 5.64. The maximum atomic E-state index is 6.27. The Balaban J connectivity index is 2.15. The molecule has 4 heteroatoms. The van der Waals surface area contributed by atoms with Crippen LogP contribution >= 0.6 is 27.3 Å². The summed E-state index contributed by atoms with van der Waals surface area (Å²) in [6.07, 6.45) is 0. The van der Waals surface area contributed by atoms with E-state index in [1.807, 2.05) is 29.6 Å². The highest BCUT2D eigenvalue weighted by Gasteiger charge is 2.19. The number of halogens is 1. The predicted octanol–water partition coefficient (Wildman–Crippen LogP) is 4.61. The fourth-order valence-electron chi connectivity index (χ4n) is 2.11. The van der Waals surface area contributed by atoms with Gasteiger partial charge < -0.3 is 10.2 Å². The monoisotopic (exact) mass is 321 g/mol. The van der Waals surface area contributed by atoms with Gasteiger partial charge in [-0.2, -0.15) is 0 Å². The molecule has 0 amide bonds. The number of thiophene rings is 1. The summed E-state index contributed by atoms with van der Waals surface area (Å²) >= 11 is 5.11. The van der Waals surface area contributed by atoms with Crippen LogP contribution in [0.4, 0.5) is 0 Å². The molecule has 2 heterocycles. The van der Waals surface area contributed by atoms with E-state index in [0.29, 0.717) is 0 Å². The molecule has 0 aliphatic rings. The molecule has 0 aliphatic heterocycles. The quantitative estimate of drug-likeness (QED) is 0.748. The van der Waals surface area contributed by atoms with E-state index < -0.39 is 0 Å². The number of nitrogens with two attached hydrogens (primary N) is 1. The van der Waals surface area contributed by atoms with Crippen molar-refractivity contribution in [2.75, 3.05) is 0 Å². The van der Waals surface area contributed by atoms with Crippen LogP contribution in [0.2, 0.25) is 0 Å². The van der Waals surface area contributed by atoms with E-state index in [1.54, 1.807) is 11.3 Å². The Morgan fingerprint density at radius 1 is 1.33 bits per heavy atom. The van der Waals surface area contributed by atoms with Crippen molar-refractivity contribution in [3.63, 3.8) is 0 Å². The summed E-state index contributed by atoms with van der Waals surface area (Å²) in [5.41, 5.74) is 8.27. The lowest BCUT2D eigenvalue weighted by molar-refractivity contribution is 0.523. The molecule has 0 aliphatic carbocycles. The van der Waals surface area contributed by atoms with Gasteiger partial charge in [-0.25, -0.2) is 0 Å². The van der Waals surface area contributed by atoms with Gasteiger partial charge in [-0.05, 0) is 36.6 Å². The standard InChI is InChI=1S/C14H12BrNOS/c1-8-10-5-4-9(15)7-11(10)17-14(8)13(16)12-3-2-6-18-12/h2-7,13H,16H2,1H3. The molecule has 0 spiro atoms. The molecule has 2 aromatic heterocycles. The molecule has 1 unspecified atom stereocenters. The Morgan fingerprint density at radius 3 is 2.89 bits per heavy atom. The number of fused-ring (bicyclic) bond motifs is 1. The third-order valence-electron chi connectivity index (χ3n) is 3.07. The molecule has 1 atom stereocenters. The van der Waals surface area contributed by atoms with Gasteiger partial charge in [-0.3, -0.25) is 0 Å². The Morgan fingerprint density at radius 2 is 2.17 bits per heavy atom. The molecule has 18 heavy (non-hydrogen) atoms. The van der Waals surface area contributed by atoms with Gasteiger partial charge in [0.2, 0.25) is 0 Å². The topological polar surface area (TPSA) is 39.2 Å². The lowest BCUT2D eigenvalue weighted by Gasteiger charge is -2.06. The van der Waals surface area contributed by atoms with Crippen molar-refractivity contribution in [2.45, 2.75) is 13.0 Å². The van der Waals surface area contributed by atoms with E-state index in [9.17, 15) is 0 Å². The smallest absolute Gasteiger partial charge is 0.135 e. The Hall–Kier alpha value is -1.10. The van der Waals surface area contributed by atoms with Crippen molar-refractivity contribution in [3.05, 3.63) is 56.4 Å². The van der Waals surface area contributed by atoms with Gasteiger partial charge in [0.1, 0.15) is 11.3 Å². The first-order valence-corrected chi connectivity index (χ1v) is 7.31. The van der Waals surface area contributed by atoms with E-state index in [0.717, 1.165) is 31.6 Å². The van der Waals surface area contributed by atoms with Crippen LogP contribution in [0.1, 0.15) is 22.2 Å². The Kier molecular flexibility index (Phi) is 3.01. The molecule has 0 saturated carbocycles. The molecule has 3 rings (SSSR count). The molecule has 0 saturated heterocycles. The summed E-state index contributed by atoms with van der Waals surface area (Å²) in [6.45, 7) is 2.06. The van der Waals surface area contributed by atoms with E-state index >= 15 is 0 Å². The van der Waals surface area contributed by atoms with Gasteiger partial charge in [-0.1, -0.05) is 22.0 Å². The average molecular weight is 322 g/mol. The average Bonchev–Trinajstić information content (AvgIpc) is 2.97. The number of hydrogen-bond acceptors (Lipinski definition) is 3. The van der Waals surface area contributed by atoms with Crippen molar-refractivity contribution >= 4 is 38.2 Å². The van der Waals surface area contributed by atoms with Gasteiger partial charge in [-0.15, -0.1) is 11.3 Å². The number of rotatable bonds is 2. The Bertz CT molecular complexity index is 687. The lowest BCUT2D eigenvalue weighted by Crippen LogP contribution is -2.10. The minimum atomic E-state index is -0.184. The van der Waals surface area contributed by atoms with Crippen LogP contribution in [0.25, 0.3) is 11.0 Å². The second-order valence-electron chi connectivity index (χ2n) is 4.22. The van der Waals surface area contributed by atoms with Crippen LogP contribution in [0.15, 0.2) is 44.6 Å². The molecular formula is C14H12BrNOS. The van der Waals surface area contributed by atoms with Crippen molar-refractivity contribution < 1.29 is 4.42 Å². The van der Waals surface area contributed by atoms with Gasteiger partial charge in [0.05, 0.1) is 6.04 Å². The number of furan rings is 1. The number of benzene rings is 1. The van der Waals surface area contributed by atoms with E-state index in [1.165, 1.54) is 0 Å². The van der Waals surface area contributed by atoms with Crippen molar-refractivity contribution in [1.82, 2.24) is 0 Å². The first kappa shape index (κ1) is 12.0. The second-order valence-corrected chi connectivity index (χ2v) is 6.12. The highest BCUT2D eigenvalue weighted by molar-refractivity contribution is 9.10. The van der Waals surface area contributed by atoms with Crippen LogP contribution in [-0.4, -0.2) is 0 Å². The SMILES string of the molecule is Cc1c(C(N)c2cccs2)oc2cc(Br)ccc12. The van der Waals surface area contributed by atoms with Crippen LogP contribution in [0.3, 0.4) is 0 Å². The third kappa shape index (κ3) is 1.90. The third-order valence-corrected chi connectivity index (χ3v) is 4.52. The highest BCUT2D eigenvalue weighted by atomic mass is 79.9. The zero-order valence-corrected chi connectivity index (χ0v) is 12.2. The predicted molar refractivity (Wildman–Crippen MR) is 79.0 cm³/mol. The summed E-state index contributed by atoms with van der Waals surface area (Å²) < 4.78 is 6.93. The van der Waals surface area contributed by atoms with Gasteiger partial charge in [0.15, 0.2) is 0 Å². The summed E-state index contributed by atoms with van der Waals surface area (Å²) in [6, 6.07) is 9.92. The first-order chi connectivity index (χ1) is 8.66. The van der Waals surface area contributed by atoms with E-state index in [2.05, 4.69) is 28.9 Å². The fraction of sp³-hybridized carbons (Fsp3) is 0.143. The summed E-state index contributed by atoms with van der Waals surface area (Å²) in [5.74, 6) is 0.852. The highest BCUT2D eigenvalue weighted by Crippen LogP contribution is 2.34. The largest absolute Gasteiger partial charge is 0.459 e. The number of aryl methyl sites for hydroxylation is 1. The van der Waals surface area contributed by atoms with E-state index in [-0.39, 0.29) is 6.04 Å². The molecule has 3 aromatic rings. The minimum absolute atomic E-state index is 0.184. The molecular weight excluding hydrogens is 310 g/mol. The van der Waals surface area contributed by atoms with Gasteiger partial charge >= 0.3 is 0 Å². The molecule has 92 valence electrons. The molecule has 0 fully saturated rings. The summed E-state index contributed by atoms with van der Waals surface area (Å²) in [4.78, 5) is 1.12. The van der Waals surface area contributed by atoms with Gasteiger partial charge in [0.25, 0.3) is 0 Å². The van der Waals surface area contributed by atoms with Crippen LogP contribution in [-0.2, 0) is 0 Å². The van der Waals surface area contributed by atoms with Crippen LogP contribution in [0, 0.1) is 6.92 Å². The number of hydrogen-bond donors (Lipinski definition) is 1. The normalized spacial score (nSPS) is 13.1. The molecule has 0 radical (unpaired) electrons. The van der Waals surface area contributed by atoms with Crippen LogP contribution in [0.5, 0.6) is 0 Å². The maximum Gasteiger partial charge on any atom is 0.135 e. The zero-order chi connectivity index (χ0) is 12.7. The van der Waals surface area contributed by atoms with Crippen LogP contribution < -0.4 is 5.73 Å². The summed E-state index contributed by atoms with van der Waals surface area (Å²) in [7, 11) is 0. The second kappa shape index (κ2) is 4.53. The fourth-order valence-corrected chi connectivity index (χ4v) is 3.18. The minimum Gasteiger partial charge on any atom is -0.459 e. The van der Waals surface area contributed by atoms with Crippen molar-refractivity contribution in [3.8, 4) is 0 Å². The van der Waals surface area contributed by atoms with E-state index in [4.69, 9.17) is 10.2 Å². The van der Waals surface area contributed by atoms with Crippen molar-refractivity contribution in [1.29, 1.82) is 0 Å².